The largest absolute Gasteiger partial charge is 0.298 e. The lowest BCUT2D eigenvalue weighted by atomic mass is 9.99. The van der Waals surface area contributed by atoms with Crippen LogP contribution in [0.1, 0.15) is 37.1 Å². The van der Waals surface area contributed by atoms with Crippen molar-refractivity contribution in [3.8, 4) is 5.69 Å². The Labute approximate surface area is 129 Å². The average Bonchev–Trinajstić information content (AvgIpc) is 2.83. The molecule has 21 heavy (non-hydrogen) atoms. The number of Topliss-reactive ketones (excluding diaryl/α,β-unsaturated/α-hetero) is 1. The van der Waals surface area contributed by atoms with Crippen LogP contribution in [0.25, 0.3) is 5.69 Å². The first-order valence-corrected chi connectivity index (χ1v) is 8.21. The van der Waals surface area contributed by atoms with Gasteiger partial charge in [-0.3, -0.25) is 9.36 Å². The van der Waals surface area contributed by atoms with Gasteiger partial charge in [0.25, 0.3) is 0 Å². The first-order chi connectivity index (χ1) is 10.1. The van der Waals surface area contributed by atoms with Gasteiger partial charge < -0.3 is 0 Å². The summed E-state index contributed by atoms with van der Waals surface area (Å²) in [4.78, 5) is 12.0. The Kier molecular flexibility index (Phi) is 4.10. The van der Waals surface area contributed by atoms with E-state index in [1.54, 1.807) is 11.8 Å². The van der Waals surface area contributed by atoms with Gasteiger partial charge in [0.15, 0.2) is 5.16 Å². The van der Waals surface area contributed by atoms with Crippen LogP contribution in [0.5, 0.6) is 0 Å². The van der Waals surface area contributed by atoms with Crippen LogP contribution in [-0.4, -0.2) is 25.8 Å². The summed E-state index contributed by atoms with van der Waals surface area (Å²) in [6.07, 6.45) is 3.80. The van der Waals surface area contributed by atoms with E-state index in [4.69, 9.17) is 0 Å². The Morgan fingerprint density at radius 1 is 1.14 bits per heavy atom. The van der Waals surface area contributed by atoms with Gasteiger partial charge in [-0.15, -0.1) is 10.2 Å². The number of carbonyl (C=O) groups excluding carboxylic acids is 1. The van der Waals surface area contributed by atoms with Gasteiger partial charge in [-0.05, 0) is 38.8 Å². The van der Waals surface area contributed by atoms with Crippen LogP contribution < -0.4 is 0 Å². The Morgan fingerprint density at radius 3 is 2.62 bits per heavy atom. The lowest BCUT2D eigenvalue weighted by molar-refractivity contribution is -0.119. The molecule has 0 bridgehead atoms. The second kappa shape index (κ2) is 6.02. The van der Waals surface area contributed by atoms with E-state index < -0.39 is 0 Å². The second-order valence-corrected chi connectivity index (χ2v) is 6.69. The highest BCUT2D eigenvalue weighted by atomic mass is 32.2. The van der Waals surface area contributed by atoms with Gasteiger partial charge in [0.2, 0.25) is 0 Å². The van der Waals surface area contributed by atoms with Crippen molar-refractivity contribution in [2.24, 2.45) is 0 Å². The van der Waals surface area contributed by atoms with Gasteiger partial charge in [-0.2, -0.15) is 0 Å². The maximum Gasteiger partial charge on any atom is 0.196 e. The molecule has 4 nitrogen and oxygen atoms in total. The number of hydrogen-bond acceptors (Lipinski definition) is 4. The number of aryl methyl sites for hydroxylation is 2. The number of aromatic nitrogens is 3. The van der Waals surface area contributed by atoms with Crippen molar-refractivity contribution in [3.05, 3.63) is 35.7 Å². The van der Waals surface area contributed by atoms with E-state index in [9.17, 15) is 4.79 Å². The molecule has 0 amide bonds. The molecule has 1 saturated carbocycles. The molecule has 1 aromatic heterocycles. The minimum absolute atomic E-state index is 0.0338. The Morgan fingerprint density at radius 2 is 1.90 bits per heavy atom. The summed E-state index contributed by atoms with van der Waals surface area (Å²) in [6.45, 7) is 4.01. The van der Waals surface area contributed by atoms with Gasteiger partial charge >= 0.3 is 0 Å². The van der Waals surface area contributed by atoms with E-state index in [0.29, 0.717) is 12.2 Å². The van der Waals surface area contributed by atoms with E-state index in [-0.39, 0.29) is 5.25 Å². The second-order valence-electron chi connectivity index (χ2n) is 5.52. The molecule has 110 valence electrons. The van der Waals surface area contributed by atoms with Crippen molar-refractivity contribution in [1.29, 1.82) is 0 Å². The lowest BCUT2D eigenvalue weighted by Crippen LogP contribution is -2.21. The van der Waals surface area contributed by atoms with Crippen LogP contribution in [0, 0.1) is 13.8 Å². The molecular weight excluding hydrogens is 282 g/mol. The van der Waals surface area contributed by atoms with E-state index in [1.807, 2.05) is 11.5 Å². The van der Waals surface area contributed by atoms with E-state index >= 15 is 0 Å². The molecule has 0 aliphatic heterocycles. The van der Waals surface area contributed by atoms with E-state index in [0.717, 1.165) is 35.9 Å². The predicted octanol–water partition coefficient (Wildman–Crippen LogP) is 3.49. The Balaban J connectivity index is 1.89. The first-order valence-electron chi connectivity index (χ1n) is 7.33. The van der Waals surface area contributed by atoms with Gasteiger partial charge in [-0.1, -0.05) is 35.9 Å². The minimum atomic E-state index is 0.0338. The highest BCUT2D eigenvalue weighted by molar-refractivity contribution is 8.00. The van der Waals surface area contributed by atoms with Gasteiger partial charge in [-0.25, -0.2) is 0 Å². The third-order valence-corrected chi connectivity index (χ3v) is 5.09. The quantitative estimate of drug-likeness (QED) is 0.870. The maximum atomic E-state index is 12.0. The standard InChI is InChI=1S/C16H19N3OS/c1-11-7-9-13(10-8-11)19-12(2)17-18-16(19)21-15-6-4-3-5-14(15)20/h7-10,15H,3-6H2,1-2H3/t15-/m1/s1. The topological polar surface area (TPSA) is 47.8 Å². The molecule has 5 heteroatoms. The number of rotatable bonds is 3. The normalized spacial score (nSPS) is 19.0. The number of benzene rings is 1. The zero-order valence-electron chi connectivity index (χ0n) is 12.4. The van der Waals surface area contributed by atoms with E-state index in [1.165, 1.54) is 5.56 Å². The predicted molar refractivity (Wildman–Crippen MR) is 84.0 cm³/mol. The molecule has 0 N–H and O–H groups in total. The van der Waals surface area contributed by atoms with Gasteiger partial charge in [0.1, 0.15) is 11.6 Å². The molecule has 0 radical (unpaired) electrons. The van der Waals surface area contributed by atoms with Crippen LogP contribution in [0.3, 0.4) is 0 Å². The molecule has 0 unspecified atom stereocenters. The fourth-order valence-electron chi connectivity index (χ4n) is 2.61. The number of carbonyl (C=O) groups is 1. The molecule has 1 aromatic carbocycles. The Hall–Kier alpha value is -1.62. The minimum Gasteiger partial charge on any atom is -0.298 e. The van der Waals surface area contributed by atoms with Crippen molar-refractivity contribution in [2.75, 3.05) is 0 Å². The van der Waals surface area contributed by atoms with Crippen molar-refractivity contribution in [1.82, 2.24) is 14.8 Å². The fraction of sp³-hybridized carbons (Fsp3) is 0.438. The third-order valence-electron chi connectivity index (χ3n) is 3.83. The molecule has 1 heterocycles. The smallest absolute Gasteiger partial charge is 0.196 e. The molecule has 0 saturated heterocycles. The zero-order chi connectivity index (χ0) is 14.8. The summed E-state index contributed by atoms with van der Waals surface area (Å²) in [6, 6.07) is 8.29. The van der Waals surface area contributed by atoms with Crippen molar-refractivity contribution in [3.63, 3.8) is 0 Å². The van der Waals surface area contributed by atoms with Crippen LogP contribution in [0.2, 0.25) is 0 Å². The SMILES string of the molecule is Cc1ccc(-n2c(C)nnc2S[C@@H]2CCCCC2=O)cc1. The Bertz CT molecular complexity index is 648. The summed E-state index contributed by atoms with van der Waals surface area (Å²) in [5, 5.41) is 9.30. The molecule has 0 spiro atoms. The third kappa shape index (κ3) is 3.02. The van der Waals surface area contributed by atoms with Gasteiger partial charge in [0, 0.05) is 12.1 Å². The number of ketones is 1. The molecule has 2 aromatic rings. The van der Waals surface area contributed by atoms with E-state index in [2.05, 4.69) is 41.4 Å². The number of thioether (sulfide) groups is 1. The summed E-state index contributed by atoms with van der Waals surface area (Å²) < 4.78 is 2.03. The average molecular weight is 301 g/mol. The van der Waals surface area contributed by atoms with Crippen molar-refractivity contribution < 1.29 is 4.79 Å². The summed E-state index contributed by atoms with van der Waals surface area (Å²) >= 11 is 1.56. The maximum absolute atomic E-state index is 12.0. The van der Waals surface area contributed by atoms with Crippen LogP contribution in [0.4, 0.5) is 0 Å². The molecule has 1 aliphatic carbocycles. The van der Waals surface area contributed by atoms with Crippen molar-refractivity contribution >= 4 is 17.5 Å². The van der Waals surface area contributed by atoms with Crippen LogP contribution in [-0.2, 0) is 4.79 Å². The zero-order valence-corrected chi connectivity index (χ0v) is 13.2. The highest BCUT2D eigenvalue weighted by Crippen LogP contribution is 2.32. The number of nitrogens with zero attached hydrogens (tertiary/aromatic N) is 3. The van der Waals surface area contributed by atoms with Crippen molar-refractivity contribution in [2.45, 2.75) is 49.9 Å². The van der Waals surface area contributed by atoms with Crippen LogP contribution in [0.15, 0.2) is 29.4 Å². The summed E-state index contributed by atoms with van der Waals surface area (Å²) in [5.41, 5.74) is 2.27. The first kappa shape index (κ1) is 14.3. The highest BCUT2D eigenvalue weighted by Gasteiger charge is 2.26. The lowest BCUT2D eigenvalue weighted by Gasteiger charge is -2.19. The van der Waals surface area contributed by atoms with Gasteiger partial charge in [0.05, 0.1) is 5.25 Å². The molecule has 1 atom stereocenters. The summed E-state index contributed by atoms with van der Waals surface area (Å²) in [5.74, 6) is 1.20. The molecular formula is C16H19N3OS. The fourth-order valence-corrected chi connectivity index (χ4v) is 3.83. The van der Waals surface area contributed by atoms with Crippen LogP contribution >= 0.6 is 11.8 Å². The number of hydrogen-bond donors (Lipinski definition) is 0. The summed E-state index contributed by atoms with van der Waals surface area (Å²) in [7, 11) is 0. The monoisotopic (exact) mass is 301 g/mol. The molecule has 1 fully saturated rings. The molecule has 3 rings (SSSR count). The molecule has 1 aliphatic rings.